The number of methoxy groups -OCH3 is 1. The number of hydrogen-bond donors (Lipinski definition) is 3. The number of nitrogens with one attached hydrogen (secondary N) is 1. The van der Waals surface area contributed by atoms with Gasteiger partial charge in [0, 0.05) is 5.92 Å². The number of epoxide rings is 1. The first-order valence-corrected chi connectivity index (χ1v) is 13.0. The molecule has 2 atom stereocenters. The van der Waals surface area contributed by atoms with Crippen molar-refractivity contribution in [1.29, 1.82) is 0 Å². The third kappa shape index (κ3) is 5.90. The normalized spacial score (nSPS) is 21.1. The highest BCUT2D eigenvalue weighted by Crippen LogP contribution is 2.33. The van der Waals surface area contributed by atoms with E-state index in [1.54, 1.807) is 42.5 Å². The molecule has 4 N–H and O–H groups in total. The van der Waals surface area contributed by atoms with E-state index in [1.807, 2.05) is 13.8 Å². The van der Waals surface area contributed by atoms with Crippen molar-refractivity contribution in [3.8, 4) is 5.75 Å². The lowest BCUT2D eigenvalue weighted by Crippen LogP contribution is -2.47. The van der Waals surface area contributed by atoms with E-state index >= 15 is 0 Å². The number of rotatable bonds is 10. The van der Waals surface area contributed by atoms with Gasteiger partial charge in [-0.1, -0.05) is 32.0 Å². The number of nitrogens with zero attached hydrogens (tertiary/aromatic N) is 1. The van der Waals surface area contributed by atoms with Crippen LogP contribution in [0.1, 0.15) is 49.3 Å². The van der Waals surface area contributed by atoms with Crippen LogP contribution in [-0.2, 0) is 26.0 Å². The molecule has 9 nitrogen and oxygen atoms in total. The Labute approximate surface area is 205 Å². The highest BCUT2D eigenvalue weighted by Gasteiger charge is 2.51. The van der Waals surface area contributed by atoms with Crippen LogP contribution in [0, 0.1) is 5.92 Å². The molecule has 2 aromatic rings. The summed E-state index contributed by atoms with van der Waals surface area (Å²) < 4.78 is 39.3. The fraction of sp³-hybridized carbons (Fsp3) is 0.440. The zero-order chi connectivity index (χ0) is 25.4. The molecular formula is C25H31N3O6S. The molecular weight excluding hydrogens is 470 g/mol. The quantitative estimate of drug-likeness (QED) is 0.257. The van der Waals surface area contributed by atoms with E-state index in [-0.39, 0.29) is 41.5 Å². The van der Waals surface area contributed by atoms with Gasteiger partial charge >= 0.3 is 0 Å². The van der Waals surface area contributed by atoms with E-state index < -0.39 is 21.9 Å². The summed E-state index contributed by atoms with van der Waals surface area (Å²) >= 11 is 0. The first-order valence-electron chi connectivity index (χ1n) is 11.6. The molecule has 188 valence electrons. The SMILES string of the molecule is COc1ccc(CC(NS(=O)(=O)c2ccc(C(C)C)cc2)C2(O)CO2)cc1C(N)=NC(=O)C1CC1. The molecule has 4 rings (SSSR count). The maximum absolute atomic E-state index is 13.1. The highest BCUT2D eigenvalue weighted by molar-refractivity contribution is 7.89. The van der Waals surface area contributed by atoms with Crippen molar-refractivity contribution in [1.82, 2.24) is 4.72 Å². The van der Waals surface area contributed by atoms with E-state index in [9.17, 15) is 18.3 Å². The molecule has 2 fully saturated rings. The summed E-state index contributed by atoms with van der Waals surface area (Å²) in [6.45, 7) is 4.06. The van der Waals surface area contributed by atoms with Gasteiger partial charge in [-0.3, -0.25) is 4.79 Å². The fourth-order valence-electron chi connectivity index (χ4n) is 3.77. The zero-order valence-electron chi connectivity index (χ0n) is 20.0. The van der Waals surface area contributed by atoms with Crippen LogP contribution < -0.4 is 15.2 Å². The Morgan fingerprint density at radius 1 is 1.26 bits per heavy atom. The minimum absolute atomic E-state index is 0.00890. The van der Waals surface area contributed by atoms with Crippen molar-refractivity contribution in [3.63, 3.8) is 0 Å². The predicted molar refractivity (Wildman–Crippen MR) is 131 cm³/mol. The van der Waals surface area contributed by atoms with E-state index in [0.717, 1.165) is 18.4 Å². The first kappa shape index (κ1) is 25.3. The molecule has 1 aliphatic carbocycles. The van der Waals surface area contributed by atoms with Crippen LogP contribution >= 0.6 is 0 Å². The average Bonchev–Trinajstić information content (AvgIpc) is 3.75. The van der Waals surface area contributed by atoms with Crippen LogP contribution in [0.4, 0.5) is 0 Å². The van der Waals surface area contributed by atoms with Crippen LogP contribution in [0.2, 0.25) is 0 Å². The number of aliphatic imine (C=N–C) groups is 1. The Morgan fingerprint density at radius 2 is 1.91 bits per heavy atom. The van der Waals surface area contributed by atoms with Gasteiger partial charge in [-0.05, 0) is 60.6 Å². The molecule has 2 unspecified atom stereocenters. The van der Waals surface area contributed by atoms with Crippen LogP contribution in [0.5, 0.6) is 5.75 Å². The number of nitrogens with two attached hydrogens (primary N) is 1. The Bertz CT molecular complexity index is 1230. The van der Waals surface area contributed by atoms with Crippen molar-refractivity contribution < 1.29 is 27.8 Å². The lowest BCUT2D eigenvalue weighted by atomic mass is 9.99. The Kier molecular flexibility index (Phi) is 7.01. The molecule has 1 heterocycles. The van der Waals surface area contributed by atoms with Crippen LogP contribution in [0.25, 0.3) is 0 Å². The van der Waals surface area contributed by atoms with E-state index in [4.69, 9.17) is 15.2 Å². The molecule has 0 spiro atoms. The van der Waals surface area contributed by atoms with Gasteiger partial charge < -0.3 is 20.3 Å². The van der Waals surface area contributed by atoms with E-state index in [0.29, 0.717) is 16.9 Å². The van der Waals surface area contributed by atoms with E-state index in [1.165, 1.54) is 7.11 Å². The van der Waals surface area contributed by atoms with Crippen LogP contribution in [0.15, 0.2) is 52.4 Å². The first-order chi connectivity index (χ1) is 16.5. The maximum atomic E-state index is 13.1. The molecule has 1 aliphatic heterocycles. The number of amides is 1. The highest BCUT2D eigenvalue weighted by atomic mass is 32.2. The van der Waals surface area contributed by atoms with Crippen molar-refractivity contribution in [2.45, 2.75) is 55.8 Å². The molecule has 0 radical (unpaired) electrons. The number of benzene rings is 2. The number of carbonyl (C=O) groups excluding carboxylic acids is 1. The monoisotopic (exact) mass is 501 g/mol. The Morgan fingerprint density at radius 3 is 2.46 bits per heavy atom. The number of carbonyl (C=O) groups is 1. The fourth-order valence-corrected chi connectivity index (χ4v) is 5.05. The zero-order valence-corrected chi connectivity index (χ0v) is 20.8. The van der Waals surface area contributed by atoms with Crippen LogP contribution in [0.3, 0.4) is 0 Å². The topological polar surface area (TPSA) is 144 Å². The summed E-state index contributed by atoms with van der Waals surface area (Å²) in [4.78, 5) is 16.2. The van der Waals surface area contributed by atoms with Crippen molar-refractivity contribution in [2.24, 2.45) is 16.6 Å². The number of aliphatic hydroxyl groups is 1. The van der Waals surface area contributed by atoms with Crippen molar-refractivity contribution in [2.75, 3.05) is 13.7 Å². The summed E-state index contributed by atoms with van der Waals surface area (Å²) in [6.07, 6.45) is 1.74. The van der Waals surface area contributed by atoms with Gasteiger partial charge in [0.1, 0.15) is 18.2 Å². The molecule has 35 heavy (non-hydrogen) atoms. The van der Waals surface area contributed by atoms with Gasteiger partial charge in [0.25, 0.3) is 5.91 Å². The molecule has 10 heteroatoms. The van der Waals surface area contributed by atoms with Gasteiger partial charge in [-0.2, -0.15) is 4.99 Å². The van der Waals surface area contributed by atoms with E-state index in [2.05, 4.69) is 9.71 Å². The van der Waals surface area contributed by atoms with Crippen molar-refractivity contribution in [3.05, 3.63) is 59.2 Å². The summed E-state index contributed by atoms with van der Waals surface area (Å²) in [5, 5.41) is 10.7. The molecule has 2 aliphatic rings. The molecule has 1 saturated carbocycles. The van der Waals surface area contributed by atoms with Gasteiger partial charge in [0.2, 0.25) is 15.8 Å². The minimum atomic E-state index is -3.93. The third-order valence-electron chi connectivity index (χ3n) is 6.28. The van der Waals surface area contributed by atoms with Gasteiger partial charge in [-0.25, -0.2) is 13.1 Å². The summed E-state index contributed by atoms with van der Waals surface area (Å²) in [6, 6.07) is 10.8. The molecule has 1 saturated heterocycles. The lowest BCUT2D eigenvalue weighted by molar-refractivity contribution is -0.118. The number of amidine groups is 1. The second-order valence-corrected chi connectivity index (χ2v) is 11.1. The Hall–Kier alpha value is -2.79. The third-order valence-corrected chi connectivity index (χ3v) is 7.76. The maximum Gasteiger partial charge on any atom is 0.250 e. The largest absolute Gasteiger partial charge is 0.496 e. The predicted octanol–water partition coefficient (Wildman–Crippen LogP) is 2.07. The number of ether oxygens (including phenoxy) is 2. The lowest BCUT2D eigenvalue weighted by Gasteiger charge is -2.22. The Balaban J connectivity index is 1.58. The number of sulfonamides is 1. The average molecular weight is 502 g/mol. The second kappa shape index (κ2) is 9.69. The standard InChI is InChI=1S/C25H31N3O6S/c1-15(2)17-7-9-19(10-8-17)35(31,32)28-22(25(30)14-34-25)13-16-4-11-21(33-3)20(12-16)23(26)27-24(29)18-5-6-18/h4,7-12,15,18,22,28,30H,5-6,13-14H2,1-3H3,(H2,26,27,29). The van der Waals surface area contributed by atoms with Gasteiger partial charge in [-0.15, -0.1) is 0 Å². The summed E-state index contributed by atoms with van der Waals surface area (Å²) in [5.74, 6) is -1.21. The smallest absolute Gasteiger partial charge is 0.250 e. The molecule has 0 bridgehead atoms. The van der Waals surface area contributed by atoms with Crippen molar-refractivity contribution >= 4 is 21.8 Å². The second-order valence-electron chi connectivity index (χ2n) is 9.38. The molecule has 0 aromatic heterocycles. The molecule has 1 amide bonds. The van der Waals surface area contributed by atoms with Crippen LogP contribution in [-0.4, -0.2) is 50.8 Å². The minimum Gasteiger partial charge on any atom is -0.496 e. The summed E-state index contributed by atoms with van der Waals surface area (Å²) in [5.41, 5.74) is 8.22. The van der Waals surface area contributed by atoms with Gasteiger partial charge in [0.15, 0.2) is 0 Å². The van der Waals surface area contributed by atoms with Gasteiger partial charge in [0.05, 0.1) is 23.6 Å². The summed E-state index contributed by atoms with van der Waals surface area (Å²) in [7, 11) is -2.45. The number of hydrogen-bond acceptors (Lipinski definition) is 6. The molecule has 2 aromatic carbocycles.